The summed E-state index contributed by atoms with van der Waals surface area (Å²) >= 11 is 1.60. The topological polar surface area (TPSA) is 84.6 Å². The zero-order valence-corrected chi connectivity index (χ0v) is 16.8. The van der Waals surface area contributed by atoms with E-state index >= 15 is 0 Å². The van der Waals surface area contributed by atoms with Crippen LogP contribution in [0.3, 0.4) is 0 Å². The van der Waals surface area contributed by atoms with Crippen molar-refractivity contribution in [2.45, 2.75) is 24.8 Å². The minimum absolute atomic E-state index is 0.000613. The molecule has 2 N–H and O–H groups in total. The molecular weight excluding hydrogens is 388 g/mol. The van der Waals surface area contributed by atoms with Crippen LogP contribution in [-0.2, 0) is 11.2 Å². The van der Waals surface area contributed by atoms with Crippen molar-refractivity contribution < 1.29 is 19.1 Å². The van der Waals surface area contributed by atoms with E-state index in [0.29, 0.717) is 24.7 Å². The first-order chi connectivity index (χ1) is 14.1. The second kappa shape index (κ2) is 8.71. The first-order valence-electron chi connectivity index (χ1n) is 9.45. The molecule has 2 unspecified atom stereocenters. The fourth-order valence-corrected chi connectivity index (χ4v) is 4.41. The number of ether oxygens (including phenoxy) is 1. The smallest absolute Gasteiger partial charge is 0.321 e. The van der Waals surface area contributed by atoms with Crippen LogP contribution in [-0.4, -0.2) is 34.5 Å². The minimum Gasteiger partial charge on any atom is -0.493 e. The highest BCUT2D eigenvalue weighted by atomic mass is 32.2. The van der Waals surface area contributed by atoms with Crippen molar-refractivity contribution in [3.63, 3.8) is 0 Å². The Morgan fingerprint density at radius 3 is 2.69 bits per heavy atom. The summed E-state index contributed by atoms with van der Waals surface area (Å²) in [6.45, 7) is 2.42. The molecule has 7 heteroatoms. The van der Waals surface area contributed by atoms with Gasteiger partial charge in [0.1, 0.15) is 17.6 Å². The Kier molecular flexibility index (Phi) is 5.87. The standard InChI is InChI=1S/C22H22N2O4S/c1-14-18(23-20(28-14)15-5-3-2-4-6-15)11-12-27-17-9-7-16(8-10-17)21-24-19(13-29-21)22(25)26/h2-10,19,21,24H,11-13H2,1H3,(H,25,26). The molecule has 0 spiro atoms. The Labute approximate surface area is 173 Å². The van der Waals surface area contributed by atoms with E-state index in [2.05, 4.69) is 10.3 Å². The average molecular weight is 410 g/mol. The Bertz CT molecular complexity index is 972. The van der Waals surface area contributed by atoms with Gasteiger partial charge in [-0.05, 0) is 36.8 Å². The monoisotopic (exact) mass is 410 g/mol. The largest absolute Gasteiger partial charge is 0.493 e. The summed E-state index contributed by atoms with van der Waals surface area (Å²) in [5, 5.41) is 12.2. The van der Waals surface area contributed by atoms with Crippen molar-refractivity contribution in [3.8, 4) is 17.2 Å². The lowest BCUT2D eigenvalue weighted by Gasteiger charge is -2.12. The number of hydrogen-bond donors (Lipinski definition) is 2. The number of oxazole rings is 1. The quantitative estimate of drug-likeness (QED) is 0.608. The SMILES string of the molecule is Cc1oc(-c2ccccc2)nc1CCOc1ccc(C2NC(C(=O)O)CS2)cc1. The predicted octanol–water partition coefficient (Wildman–Crippen LogP) is 4.06. The lowest BCUT2D eigenvalue weighted by molar-refractivity contribution is -0.138. The van der Waals surface area contributed by atoms with Gasteiger partial charge in [0.25, 0.3) is 0 Å². The van der Waals surface area contributed by atoms with Crippen molar-refractivity contribution in [2.75, 3.05) is 12.4 Å². The first-order valence-corrected chi connectivity index (χ1v) is 10.5. The van der Waals surface area contributed by atoms with Gasteiger partial charge in [-0.25, -0.2) is 4.98 Å². The molecule has 1 saturated heterocycles. The number of aliphatic carboxylic acids is 1. The van der Waals surface area contributed by atoms with Crippen LogP contribution >= 0.6 is 11.8 Å². The molecule has 4 rings (SSSR count). The number of thioether (sulfide) groups is 1. The summed E-state index contributed by atoms with van der Waals surface area (Å²) in [5.41, 5.74) is 2.90. The molecular formula is C22H22N2O4S. The fraction of sp³-hybridized carbons (Fsp3) is 0.273. The highest BCUT2D eigenvalue weighted by molar-refractivity contribution is 7.99. The van der Waals surface area contributed by atoms with Crippen LogP contribution < -0.4 is 10.1 Å². The van der Waals surface area contributed by atoms with E-state index in [9.17, 15) is 4.79 Å². The minimum atomic E-state index is -0.807. The highest BCUT2D eigenvalue weighted by Crippen LogP contribution is 2.33. The van der Waals surface area contributed by atoms with Gasteiger partial charge in [0, 0.05) is 17.7 Å². The van der Waals surface area contributed by atoms with E-state index in [1.54, 1.807) is 11.8 Å². The van der Waals surface area contributed by atoms with E-state index in [1.807, 2.05) is 61.5 Å². The number of carboxylic acids is 1. The molecule has 0 saturated carbocycles. The normalized spacial score (nSPS) is 18.7. The van der Waals surface area contributed by atoms with Gasteiger partial charge in [0.2, 0.25) is 5.89 Å². The molecule has 1 aliphatic heterocycles. The summed E-state index contributed by atoms with van der Waals surface area (Å²) in [7, 11) is 0. The summed E-state index contributed by atoms with van der Waals surface area (Å²) in [5.74, 6) is 1.97. The van der Waals surface area contributed by atoms with Crippen molar-refractivity contribution in [3.05, 3.63) is 71.6 Å². The Balaban J connectivity index is 1.31. The molecule has 1 fully saturated rings. The third-order valence-electron chi connectivity index (χ3n) is 4.78. The maximum absolute atomic E-state index is 11.1. The van der Waals surface area contributed by atoms with Gasteiger partial charge in [-0.15, -0.1) is 11.8 Å². The maximum atomic E-state index is 11.1. The lowest BCUT2D eigenvalue weighted by atomic mass is 10.2. The number of benzene rings is 2. The summed E-state index contributed by atoms with van der Waals surface area (Å²) in [6, 6.07) is 17.1. The summed E-state index contributed by atoms with van der Waals surface area (Å²) < 4.78 is 11.6. The van der Waals surface area contributed by atoms with Crippen LogP contribution in [0, 0.1) is 6.92 Å². The molecule has 0 radical (unpaired) electrons. The number of aromatic nitrogens is 1. The summed E-state index contributed by atoms with van der Waals surface area (Å²) in [4.78, 5) is 15.7. The van der Waals surface area contributed by atoms with Gasteiger partial charge in [0.15, 0.2) is 0 Å². The molecule has 0 amide bonds. The molecule has 6 nitrogen and oxygen atoms in total. The van der Waals surface area contributed by atoms with Gasteiger partial charge in [-0.3, -0.25) is 10.1 Å². The van der Waals surface area contributed by atoms with Gasteiger partial charge in [-0.2, -0.15) is 0 Å². The zero-order valence-electron chi connectivity index (χ0n) is 16.0. The number of nitrogens with zero attached hydrogens (tertiary/aromatic N) is 1. The van der Waals surface area contributed by atoms with E-state index in [1.165, 1.54) is 0 Å². The molecule has 0 bridgehead atoms. The fourth-order valence-electron chi connectivity index (χ4n) is 3.18. The van der Waals surface area contributed by atoms with Crippen LogP contribution in [0.15, 0.2) is 59.0 Å². The molecule has 1 aromatic heterocycles. The van der Waals surface area contributed by atoms with Gasteiger partial charge < -0.3 is 14.3 Å². The van der Waals surface area contributed by atoms with Crippen molar-refractivity contribution in [1.82, 2.24) is 10.3 Å². The van der Waals surface area contributed by atoms with Crippen LogP contribution in [0.5, 0.6) is 5.75 Å². The predicted molar refractivity (Wildman–Crippen MR) is 112 cm³/mol. The third kappa shape index (κ3) is 4.63. The molecule has 29 heavy (non-hydrogen) atoms. The van der Waals surface area contributed by atoms with E-state index in [-0.39, 0.29) is 5.37 Å². The van der Waals surface area contributed by atoms with Gasteiger partial charge in [0.05, 0.1) is 17.7 Å². The number of carboxylic acid groups (broad SMARTS) is 1. The highest BCUT2D eigenvalue weighted by Gasteiger charge is 2.30. The molecule has 2 aromatic carbocycles. The zero-order chi connectivity index (χ0) is 20.2. The molecule has 2 atom stereocenters. The molecule has 0 aliphatic carbocycles. The van der Waals surface area contributed by atoms with Crippen molar-refractivity contribution in [2.24, 2.45) is 0 Å². The lowest BCUT2D eigenvalue weighted by Crippen LogP contribution is -2.33. The van der Waals surface area contributed by atoms with E-state index in [4.69, 9.17) is 14.3 Å². The number of carbonyl (C=O) groups is 1. The van der Waals surface area contributed by atoms with Gasteiger partial charge in [-0.1, -0.05) is 30.3 Å². The van der Waals surface area contributed by atoms with Crippen molar-refractivity contribution in [1.29, 1.82) is 0 Å². The van der Waals surface area contributed by atoms with Crippen molar-refractivity contribution >= 4 is 17.7 Å². The molecule has 2 heterocycles. The van der Waals surface area contributed by atoms with E-state index < -0.39 is 12.0 Å². The number of aryl methyl sites for hydroxylation is 1. The summed E-state index contributed by atoms with van der Waals surface area (Å²) in [6.07, 6.45) is 0.657. The Hall–Kier alpha value is -2.77. The average Bonchev–Trinajstić information content (AvgIpc) is 3.37. The second-order valence-electron chi connectivity index (χ2n) is 6.83. The van der Waals surface area contributed by atoms with Crippen LogP contribution in [0.25, 0.3) is 11.5 Å². The maximum Gasteiger partial charge on any atom is 0.321 e. The Morgan fingerprint density at radius 1 is 1.24 bits per heavy atom. The molecule has 3 aromatic rings. The Morgan fingerprint density at radius 2 is 2.00 bits per heavy atom. The number of rotatable bonds is 7. The van der Waals surface area contributed by atoms with Crippen LogP contribution in [0.2, 0.25) is 0 Å². The van der Waals surface area contributed by atoms with E-state index in [0.717, 1.165) is 28.3 Å². The van der Waals surface area contributed by atoms with Crippen LogP contribution in [0.1, 0.15) is 22.4 Å². The molecule has 150 valence electrons. The number of nitrogens with one attached hydrogen (secondary N) is 1. The first kappa shape index (κ1) is 19.5. The molecule has 1 aliphatic rings. The van der Waals surface area contributed by atoms with Crippen LogP contribution in [0.4, 0.5) is 0 Å². The third-order valence-corrected chi connectivity index (χ3v) is 6.05. The number of hydrogen-bond acceptors (Lipinski definition) is 6. The second-order valence-corrected chi connectivity index (χ2v) is 7.96. The van der Waals surface area contributed by atoms with Gasteiger partial charge >= 0.3 is 5.97 Å².